The maximum Gasteiger partial charge on any atom is 0.238 e. The molecule has 7 heteroatoms. The lowest BCUT2D eigenvalue weighted by molar-refractivity contribution is -0.121. The number of fused-ring (bicyclic) bond motifs is 1. The zero-order chi connectivity index (χ0) is 16.4. The van der Waals surface area contributed by atoms with Crippen molar-refractivity contribution in [2.45, 2.75) is 39.2 Å². The van der Waals surface area contributed by atoms with Crippen molar-refractivity contribution in [3.8, 4) is 11.5 Å². The summed E-state index contributed by atoms with van der Waals surface area (Å²) in [6, 6.07) is 5.13. The second-order valence-corrected chi connectivity index (χ2v) is 5.79. The van der Waals surface area contributed by atoms with Crippen molar-refractivity contribution >= 4 is 5.91 Å². The van der Waals surface area contributed by atoms with Crippen LogP contribution >= 0.6 is 0 Å². The van der Waals surface area contributed by atoms with Crippen LogP contribution in [0.4, 0.5) is 0 Å². The molecule has 1 atom stereocenters. The van der Waals surface area contributed by atoms with Gasteiger partial charge >= 0.3 is 0 Å². The third-order valence-electron chi connectivity index (χ3n) is 3.50. The summed E-state index contributed by atoms with van der Waals surface area (Å²) in [5, 5.41) is 10.8. The van der Waals surface area contributed by atoms with Crippen molar-refractivity contribution in [1.82, 2.24) is 15.5 Å². The molecule has 1 amide bonds. The molecule has 122 valence electrons. The average Bonchev–Trinajstić information content (AvgIpc) is 3.15. The van der Waals surface area contributed by atoms with E-state index < -0.39 is 0 Å². The van der Waals surface area contributed by atoms with Gasteiger partial charge in [-0.25, -0.2) is 0 Å². The summed E-state index contributed by atoms with van der Waals surface area (Å²) in [5.74, 6) is 2.38. The van der Waals surface area contributed by atoms with Gasteiger partial charge in [-0.1, -0.05) is 19.9 Å². The SMILES string of the molecule is CC(C)c1nnc(C(C)NC(=O)Cc2ccc3c(c2)OCO3)o1. The third kappa shape index (κ3) is 3.44. The van der Waals surface area contributed by atoms with Crippen molar-refractivity contribution in [3.63, 3.8) is 0 Å². The molecule has 0 bridgehead atoms. The summed E-state index contributed by atoms with van der Waals surface area (Å²) in [4.78, 5) is 12.2. The third-order valence-corrected chi connectivity index (χ3v) is 3.50. The summed E-state index contributed by atoms with van der Waals surface area (Å²) < 4.78 is 16.1. The molecular formula is C16H19N3O4. The van der Waals surface area contributed by atoms with Crippen molar-refractivity contribution in [1.29, 1.82) is 0 Å². The Balaban J connectivity index is 1.60. The first-order valence-corrected chi connectivity index (χ1v) is 7.54. The number of hydrogen-bond acceptors (Lipinski definition) is 6. The topological polar surface area (TPSA) is 86.5 Å². The molecule has 23 heavy (non-hydrogen) atoms. The number of carbonyl (C=O) groups is 1. The van der Waals surface area contributed by atoms with Crippen LogP contribution < -0.4 is 14.8 Å². The molecule has 2 heterocycles. The number of hydrogen-bond donors (Lipinski definition) is 1. The summed E-state index contributed by atoms with van der Waals surface area (Å²) in [5.41, 5.74) is 0.854. The first-order chi connectivity index (χ1) is 11.0. The second-order valence-electron chi connectivity index (χ2n) is 5.79. The lowest BCUT2D eigenvalue weighted by Crippen LogP contribution is -2.28. The minimum absolute atomic E-state index is 0.124. The maximum atomic E-state index is 12.2. The first-order valence-electron chi connectivity index (χ1n) is 7.54. The Hall–Kier alpha value is -2.57. The molecule has 0 fully saturated rings. The zero-order valence-electron chi connectivity index (χ0n) is 13.3. The molecule has 0 saturated carbocycles. The molecule has 0 radical (unpaired) electrons. The molecule has 0 saturated heterocycles. The van der Waals surface area contributed by atoms with E-state index in [-0.39, 0.29) is 31.1 Å². The van der Waals surface area contributed by atoms with E-state index in [1.165, 1.54) is 0 Å². The van der Waals surface area contributed by atoms with Crippen LogP contribution in [0.1, 0.15) is 50.1 Å². The molecule has 1 N–H and O–H groups in total. The minimum Gasteiger partial charge on any atom is -0.454 e. The molecule has 1 aromatic heterocycles. The summed E-state index contributed by atoms with van der Waals surface area (Å²) in [7, 11) is 0. The van der Waals surface area contributed by atoms with Gasteiger partial charge in [0.1, 0.15) is 6.04 Å². The highest BCUT2D eigenvalue weighted by atomic mass is 16.7. The lowest BCUT2D eigenvalue weighted by atomic mass is 10.1. The average molecular weight is 317 g/mol. The largest absolute Gasteiger partial charge is 0.454 e. The van der Waals surface area contributed by atoms with Gasteiger partial charge in [0.15, 0.2) is 11.5 Å². The zero-order valence-corrected chi connectivity index (χ0v) is 13.3. The number of nitrogens with zero attached hydrogens (tertiary/aromatic N) is 2. The molecule has 1 unspecified atom stereocenters. The Kier molecular flexibility index (Phi) is 4.18. The van der Waals surface area contributed by atoms with Crippen LogP contribution in [0.15, 0.2) is 22.6 Å². The molecule has 0 aliphatic carbocycles. The number of carbonyl (C=O) groups excluding carboxylic acids is 1. The molecule has 1 aliphatic heterocycles. The normalized spacial score (nSPS) is 14.1. The first kappa shape index (κ1) is 15.3. The van der Waals surface area contributed by atoms with E-state index in [2.05, 4.69) is 15.5 Å². The van der Waals surface area contributed by atoms with Crippen LogP contribution in [-0.2, 0) is 11.2 Å². The lowest BCUT2D eigenvalue weighted by Gasteiger charge is -2.10. The Bertz CT molecular complexity index is 711. The van der Waals surface area contributed by atoms with Crippen LogP contribution in [0.3, 0.4) is 0 Å². The number of aromatic nitrogens is 2. The molecule has 0 spiro atoms. The fourth-order valence-corrected chi connectivity index (χ4v) is 2.25. The van der Waals surface area contributed by atoms with Crippen LogP contribution in [0.2, 0.25) is 0 Å². The van der Waals surface area contributed by atoms with Crippen molar-refractivity contribution < 1.29 is 18.7 Å². The van der Waals surface area contributed by atoms with Gasteiger partial charge in [-0.3, -0.25) is 4.79 Å². The quantitative estimate of drug-likeness (QED) is 0.911. The van der Waals surface area contributed by atoms with Crippen molar-refractivity contribution in [3.05, 3.63) is 35.5 Å². The highest BCUT2D eigenvalue weighted by molar-refractivity contribution is 5.79. The molecular weight excluding hydrogens is 298 g/mol. The fraction of sp³-hybridized carbons (Fsp3) is 0.438. The number of amides is 1. The molecule has 7 nitrogen and oxygen atoms in total. The second kappa shape index (κ2) is 6.28. The minimum atomic E-state index is -0.337. The highest BCUT2D eigenvalue weighted by Crippen LogP contribution is 2.32. The van der Waals surface area contributed by atoms with Gasteiger partial charge < -0.3 is 19.2 Å². The van der Waals surface area contributed by atoms with Crippen molar-refractivity contribution in [2.24, 2.45) is 0 Å². The Morgan fingerprint density at radius 3 is 2.65 bits per heavy atom. The smallest absolute Gasteiger partial charge is 0.238 e. The van der Waals surface area contributed by atoms with Gasteiger partial charge in [-0.05, 0) is 24.6 Å². The van der Waals surface area contributed by atoms with Gasteiger partial charge in [0.05, 0.1) is 6.42 Å². The molecule has 2 aromatic rings. The fourth-order valence-electron chi connectivity index (χ4n) is 2.25. The maximum absolute atomic E-state index is 12.2. The summed E-state index contributed by atoms with van der Waals surface area (Å²) in [6.07, 6.45) is 0.242. The number of ether oxygens (including phenoxy) is 2. The Morgan fingerprint density at radius 1 is 1.17 bits per heavy atom. The van der Waals surface area contributed by atoms with Gasteiger partial charge in [0, 0.05) is 5.92 Å². The van der Waals surface area contributed by atoms with Gasteiger partial charge in [-0.15, -0.1) is 10.2 Å². The van der Waals surface area contributed by atoms with Crippen molar-refractivity contribution in [2.75, 3.05) is 6.79 Å². The van der Waals surface area contributed by atoms with Crippen LogP contribution in [0.5, 0.6) is 11.5 Å². The molecule has 1 aromatic carbocycles. The van der Waals surface area contributed by atoms with Crippen LogP contribution in [0, 0.1) is 0 Å². The number of rotatable bonds is 5. The van der Waals surface area contributed by atoms with Gasteiger partial charge in [0.25, 0.3) is 0 Å². The van der Waals surface area contributed by atoms with E-state index in [4.69, 9.17) is 13.9 Å². The van der Waals surface area contributed by atoms with E-state index in [9.17, 15) is 4.79 Å². The summed E-state index contributed by atoms with van der Waals surface area (Å²) in [6.45, 7) is 5.98. The van der Waals surface area contributed by atoms with Gasteiger partial charge in [0.2, 0.25) is 24.5 Å². The van der Waals surface area contributed by atoms with E-state index in [1.807, 2.05) is 32.9 Å². The monoisotopic (exact) mass is 317 g/mol. The standard InChI is InChI=1S/C16H19N3O4/c1-9(2)15-18-19-16(23-15)10(3)17-14(20)7-11-4-5-12-13(6-11)22-8-21-12/h4-6,9-10H,7-8H2,1-3H3,(H,17,20). The summed E-state index contributed by atoms with van der Waals surface area (Å²) >= 11 is 0. The van der Waals surface area contributed by atoms with E-state index >= 15 is 0 Å². The van der Waals surface area contributed by atoms with Gasteiger partial charge in [-0.2, -0.15) is 0 Å². The van der Waals surface area contributed by atoms with E-state index in [0.717, 1.165) is 5.56 Å². The highest BCUT2D eigenvalue weighted by Gasteiger charge is 2.19. The van der Waals surface area contributed by atoms with E-state index in [1.54, 1.807) is 6.07 Å². The predicted molar refractivity (Wildman–Crippen MR) is 81.2 cm³/mol. The predicted octanol–water partition coefficient (Wildman–Crippen LogP) is 2.34. The number of nitrogens with one attached hydrogen (secondary N) is 1. The molecule has 1 aliphatic rings. The Morgan fingerprint density at radius 2 is 1.91 bits per heavy atom. The van der Waals surface area contributed by atoms with Crippen LogP contribution in [0.25, 0.3) is 0 Å². The van der Waals surface area contributed by atoms with E-state index in [0.29, 0.717) is 23.3 Å². The Labute approximate surface area is 134 Å². The van der Waals surface area contributed by atoms with Crippen LogP contribution in [-0.4, -0.2) is 22.9 Å². The molecule has 3 rings (SSSR count). The number of benzene rings is 1.